The summed E-state index contributed by atoms with van der Waals surface area (Å²) in [6, 6.07) is 6.20. The number of anilines is 1. The summed E-state index contributed by atoms with van der Waals surface area (Å²) in [5, 5.41) is 3.37. The summed E-state index contributed by atoms with van der Waals surface area (Å²) in [6.07, 6.45) is 0.611. The van der Waals surface area contributed by atoms with E-state index in [1.54, 1.807) is 4.90 Å². The third-order valence-corrected chi connectivity index (χ3v) is 3.63. The van der Waals surface area contributed by atoms with Gasteiger partial charge in [0.25, 0.3) is 0 Å². The lowest BCUT2D eigenvalue weighted by molar-refractivity contribution is 0.0583. The van der Waals surface area contributed by atoms with Crippen molar-refractivity contribution >= 4 is 11.8 Å². The van der Waals surface area contributed by atoms with E-state index in [0.29, 0.717) is 13.2 Å². The Morgan fingerprint density at radius 3 is 2.83 bits per heavy atom. The van der Waals surface area contributed by atoms with Crippen molar-refractivity contribution in [3.63, 3.8) is 0 Å². The molecule has 0 spiro atoms. The smallest absolute Gasteiger partial charge is 0.414 e. The van der Waals surface area contributed by atoms with Gasteiger partial charge >= 0.3 is 6.09 Å². The van der Waals surface area contributed by atoms with Crippen molar-refractivity contribution in [3.8, 4) is 0 Å². The lowest BCUT2D eigenvalue weighted by Crippen LogP contribution is -2.36. The Balaban J connectivity index is 2.06. The van der Waals surface area contributed by atoms with Gasteiger partial charge in [-0.05, 0) is 45.2 Å². The summed E-state index contributed by atoms with van der Waals surface area (Å²) in [7, 11) is 0. The Hall–Kier alpha value is -1.59. The Morgan fingerprint density at radius 1 is 1.35 bits per heavy atom. The molecule has 128 valence electrons. The van der Waals surface area contributed by atoms with Gasteiger partial charge in [-0.3, -0.25) is 4.90 Å². The number of benzene rings is 1. The predicted molar refractivity (Wildman–Crippen MR) is 91.9 cm³/mol. The van der Waals surface area contributed by atoms with Crippen molar-refractivity contribution in [2.75, 3.05) is 31.2 Å². The first-order valence-corrected chi connectivity index (χ1v) is 8.32. The molecule has 0 aliphatic carbocycles. The monoisotopic (exact) mass is 320 g/mol. The molecule has 2 rings (SSSR count). The van der Waals surface area contributed by atoms with Gasteiger partial charge < -0.3 is 14.8 Å². The summed E-state index contributed by atoms with van der Waals surface area (Å²) in [5.41, 5.74) is 2.86. The highest BCUT2D eigenvalue weighted by Crippen LogP contribution is 2.33. The fraction of sp³-hybridized carbons (Fsp3) is 0.611. The van der Waals surface area contributed by atoms with Crippen LogP contribution in [0.1, 0.15) is 38.8 Å². The molecule has 1 amide bonds. The third-order valence-electron chi connectivity index (χ3n) is 3.63. The van der Waals surface area contributed by atoms with E-state index in [2.05, 4.69) is 23.5 Å². The number of ether oxygens (including phenoxy) is 2. The lowest BCUT2D eigenvalue weighted by atomic mass is 10.1. The standard InChI is InChI=1S/C18H28N2O3/c1-5-22-12-10-19-13-15-8-6-7-14-9-11-20(16(14)15)17(21)23-18(2,3)4/h6-8,19H,5,9-13H2,1-4H3. The number of amides is 1. The second-order valence-electron chi connectivity index (χ2n) is 6.68. The number of hydrogen-bond acceptors (Lipinski definition) is 4. The molecule has 0 atom stereocenters. The van der Waals surface area contributed by atoms with Crippen molar-refractivity contribution in [2.45, 2.75) is 46.3 Å². The van der Waals surface area contributed by atoms with E-state index in [-0.39, 0.29) is 6.09 Å². The lowest BCUT2D eigenvalue weighted by Gasteiger charge is -2.26. The van der Waals surface area contributed by atoms with Crippen LogP contribution in [0.4, 0.5) is 10.5 Å². The van der Waals surface area contributed by atoms with Gasteiger partial charge in [0.2, 0.25) is 0 Å². The first-order chi connectivity index (χ1) is 10.9. The Kier molecular flexibility index (Phi) is 6.02. The van der Waals surface area contributed by atoms with Gasteiger partial charge in [-0.15, -0.1) is 0 Å². The van der Waals surface area contributed by atoms with Crippen LogP contribution in [0.15, 0.2) is 18.2 Å². The molecule has 5 nitrogen and oxygen atoms in total. The summed E-state index contributed by atoms with van der Waals surface area (Å²) >= 11 is 0. The summed E-state index contributed by atoms with van der Waals surface area (Å²) < 4.78 is 10.9. The van der Waals surface area contributed by atoms with E-state index >= 15 is 0 Å². The van der Waals surface area contributed by atoms with E-state index in [1.807, 2.05) is 27.7 Å². The van der Waals surface area contributed by atoms with Gasteiger partial charge in [-0.1, -0.05) is 18.2 Å². The van der Waals surface area contributed by atoms with Crippen LogP contribution in [0.3, 0.4) is 0 Å². The fourth-order valence-electron chi connectivity index (χ4n) is 2.69. The van der Waals surface area contributed by atoms with Crippen molar-refractivity contribution in [1.29, 1.82) is 0 Å². The van der Waals surface area contributed by atoms with Crippen LogP contribution in [-0.4, -0.2) is 38.0 Å². The summed E-state index contributed by atoms with van der Waals surface area (Å²) in [4.78, 5) is 14.2. The van der Waals surface area contributed by atoms with Crippen LogP contribution in [0.2, 0.25) is 0 Å². The zero-order valence-electron chi connectivity index (χ0n) is 14.6. The Labute approximate surface area is 139 Å². The Morgan fingerprint density at radius 2 is 2.13 bits per heavy atom. The molecule has 0 aromatic heterocycles. The maximum Gasteiger partial charge on any atom is 0.414 e. The van der Waals surface area contributed by atoms with E-state index in [4.69, 9.17) is 9.47 Å². The normalized spacial score (nSPS) is 14.0. The number of carbonyl (C=O) groups excluding carboxylic acids is 1. The highest BCUT2D eigenvalue weighted by molar-refractivity contribution is 5.91. The molecule has 0 unspecified atom stereocenters. The van der Waals surface area contributed by atoms with Crippen LogP contribution in [-0.2, 0) is 22.4 Å². The fourth-order valence-corrected chi connectivity index (χ4v) is 2.69. The molecule has 0 radical (unpaired) electrons. The summed E-state index contributed by atoms with van der Waals surface area (Å²) in [5.74, 6) is 0. The molecular weight excluding hydrogens is 292 g/mol. The average molecular weight is 320 g/mol. The molecule has 1 aliphatic heterocycles. The van der Waals surface area contributed by atoms with E-state index in [1.165, 1.54) is 5.56 Å². The van der Waals surface area contributed by atoms with Crippen LogP contribution in [0, 0.1) is 0 Å². The number of nitrogens with one attached hydrogen (secondary N) is 1. The maximum atomic E-state index is 12.5. The zero-order valence-corrected chi connectivity index (χ0v) is 14.6. The van der Waals surface area contributed by atoms with Crippen molar-refractivity contribution in [3.05, 3.63) is 29.3 Å². The van der Waals surface area contributed by atoms with E-state index in [0.717, 1.165) is 37.4 Å². The zero-order chi connectivity index (χ0) is 16.9. The molecule has 0 bridgehead atoms. The molecule has 1 aromatic rings. The van der Waals surface area contributed by atoms with Crippen LogP contribution >= 0.6 is 0 Å². The van der Waals surface area contributed by atoms with Gasteiger partial charge in [0.05, 0.1) is 12.3 Å². The second-order valence-corrected chi connectivity index (χ2v) is 6.68. The topological polar surface area (TPSA) is 50.8 Å². The van der Waals surface area contributed by atoms with Gasteiger partial charge in [-0.25, -0.2) is 4.79 Å². The Bertz CT molecular complexity index is 538. The third kappa shape index (κ3) is 4.94. The quantitative estimate of drug-likeness (QED) is 0.818. The van der Waals surface area contributed by atoms with Crippen LogP contribution in [0.25, 0.3) is 0 Å². The maximum absolute atomic E-state index is 12.5. The van der Waals surface area contributed by atoms with Crippen molar-refractivity contribution in [1.82, 2.24) is 5.32 Å². The van der Waals surface area contributed by atoms with Crippen molar-refractivity contribution in [2.24, 2.45) is 0 Å². The molecule has 0 saturated heterocycles. The predicted octanol–water partition coefficient (Wildman–Crippen LogP) is 3.11. The molecule has 0 saturated carbocycles. The SMILES string of the molecule is CCOCCNCc1cccc2c1N(C(=O)OC(C)(C)C)CC2. The largest absolute Gasteiger partial charge is 0.443 e. The minimum absolute atomic E-state index is 0.266. The first-order valence-electron chi connectivity index (χ1n) is 8.32. The van der Waals surface area contributed by atoms with E-state index < -0.39 is 5.60 Å². The number of carbonyl (C=O) groups is 1. The van der Waals surface area contributed by atoms with Gasteiger partial charge in [-0.2, -0.15) is 0 Å². The van der Waals surface area contributed by atoms with Crippen molar-refractivity contribution < 1.29 is 14.3 Å². The van der Waals surface area contributed by atoms with Crippen LogP contribution < -0.4 is 10.2 Å². The molecule has 1 aliphatic rings. The van der Waals surface area contributed by atoms with Gasteiger partial charge in [0.15, 0.2) is 0 Å². The molecule has 1 aromatic carbocycles. The highest BCUT2D eigenvalue weighted by Gasteiger charge is 2.30. The highest BCUT2D eigenvalue weighted by atomic mass is 16.6. The molecular formula is C18H28N2O3. The minimum Gasteiger partial charge on any atom is -0.443 e. The number of hydrogen-bond donors (Lipinski definition) is 1. The van der Waals surface area contributed by atoms with Crippen LogP contribution in [0.5, 0.6) is 0 Å². The molecule has 0 fully saturated rings. The average Bonchev–Trinajstić information content (AvgIpc) is 2.90. The van der Waals surface area contributed by atoms with Gasteiger partial charge in [0.1, 0.15) is 5.60 Å². The number of fused-ring (bicyclic) bond motifs is 1. The first kappa shape index (κ1) is 17.8. The van der Waals surface area contributed by atoms with Gasteiger partial charge in [0, 0.05) is 26.2 Å². The molecule has 23 heavy (non-hydrogen) atoms. The molecule has 1 N–H and O–H groups in total. The summed E-state index contributed by atoms with van der Waals surface area (Å²) in [6.45, 7) is 11.3. The number of nitrogens with zero attached hydrogens (tertiary/aromatic N) is 1. The van der Waals surface area contributed by atoms with E-state index in [9.17, 15) is 4.79 Å². The second kappa shape index (κ2) is 7.79. The minimum atomic E-state index is -0.482. The molecule has 5 heteroatoms. The number of rotatable bonds is 6. The molecule has 1 heterocycles. The number of para-hydroxylation sites is 1.